The Morgan fingerprint density at radius 2 is 1.96 bits per heavy atom. The molecule has 0 saturated heterocycles. The Bertz CT molecular complexity index is 1070. The molecule has 0 radical (unpaired) electrons. The van der Waals surface area contributed by atoms with Crippen molar-refractivity contribution in [1.82, 2.24) is 0 Å². The van der Waals surface area contributed by atoms with Crippen LogP contribution in [0.2, 0.25) is 0 Å². The molecule has 2 unspecified atom stereocenters. The van der Waals surface area contributed by atoms with Crippen LogP contribution in [0.25, 0.3) is 11.0 Å². The first-order valence-electron chi connectivity index (χ1n) is 9.98. The molecule has 28 heavy (non-hydrogen) atoms. The molecule has 4 rings (SSSR count). The fraction of sp³-hybridized carbons (Fsp3) is 0.375. The standard InChI is InChI=1S/C24H25FO3/c1-14-3-10-19-20(11-14)23-21(26)12-17(13-22(23)28-24(19)27)15(2)4-5-16-6-8-18(25)9-7-16/h6-9,12-15,26H,3-5,10-11H2,1-2H3. The second kappa shape index (κ2) is 7.42. The van der Waals surface area contributed by atoms with Gasteiger partial charge in [0.05, 0.1) is 5.39 Å². The van der Waals surface area contributed by atoms with Gasteiger partial charge < -0.3 is 9.52 Å². The molecule has 2 atom stereocenters. The van der Waals surface area contributed by atoms with Gasteiger partial charge in [0.15, 0.2) is 0 Å². The van der Waals surface area contributed by atoms with Crippen molar-refractivity contribution in [3.8, 4) is 5.75 Å². The number of phenolic OH excluding ortho intramolecular Hbond substituents is 1. The van der Waals surface area contributed by atoms with Gasteiger partial charge in [-0.1, -0.05) is 26.0 Å². The monoisotopic (exact) mass is 380 g/mol. The van der Waals surface area contributed by atoms with Crippen LogP contribution in [0.5, 0.6) is 5.75 Å². The van der Waals surface area contributed by atoms with Crippen molar-refractivity contribution >= 4 is 11.0 Å². The van der Waals surface area contributed by atoms with Crippen molar-refractivity contribution in [2.45, 2.75) is 51.9 Å². The van der Waals surface area contributed by atoms with Crippen LogP contribution in [-0.2, 0) is 19.3 Å². The van der Waals surface area contributed by atoms with Gasteiger partial charge in [0.1, 0.15) is 17.1 Å². The zero-order chi connectivity index (χ0) is 19.8. The second-order valence-electron chi connectivity index (χ2n) is 8.17. The first kappa shape index (κ1) is 18.7. The molecule has 0 saturated carbocycles. The molecule has 1 heterocycles. The number of phenols is 1. The first-order chi connectivity index (χ1) is 13.4. The lowest BCUT2D eigenvalue weighted by atomic mass is 9.83. The van der Waals surface area contributed by atoms with Crippen molar-refractivity contribution in [2.75, 3.05) is 0 Å². The Labute approximate surface area is 163 Å². The lowest BCUT2D eigenvalue weighted by molar-refractivity contribution is 0.460. The molecule has 1 aromatic heterocycles. The van der Waals surface area contributed by atoms with Gasteiger partial charge >= 0.3 is 5.63 Å². The lowest BCUT2D eigenvalue weighted by Crippen LogP contribution is -2.20. The zero-order valence-corrected chi connectivity index (χ0v) is 16.3. The zero-order valence-electron chi connectivity index (χ0n) is 16.3. The number of fused-ring (bicyclic) bond motifs is 3. The summed E-state index contributed by atoms with van der Waals surface area (Å²) >= 11 is 0. The van der Waals surface area contributed by atoms with Crippen LogP contribution in [-0.4, -0.2) is 5.11 Å². The smallest absolute Gasteiger partial charge is 0.339 e. The van der Waals surface area contributed by atoms with E-state index in [4.69, 9.17) is 4.42 Å². The number of hydrogen-bond acceptors (Lipinski definition) is 3. The van der Waals surface area contributed by atoms with Gasteiger partial charge in [-0.3, -0.25) is 0 Å². The third kappa shape index (κ3) is 3.56. The largest absolute Gasteiger partial charge is 0.507 e. The van der Waals surface area contributed by atoms with Gasteiger partial charge in [-0.2, -0.15) is 0 Å². The normalized spacial score (nSPS) is 17.5. The third-order valence-electron chi connectivity index (χ3n) is 6.01. The van der Waals surface area contributed by atoms with E-state index in [2.05, 4.69) is 13.8 Å². The first-order valence-corrected chi connectivity index (χ1v) is 9.98. The van der Waals surface area contributed by atoms with Crippen molar-refractivity contribution in [2.24, 2.45) is 5.92 Å². The Morgan fingerprint density at radius 3 is 2.71 bits per heavy atom. The summed E-state index contributed by atoms with van der Waals surface area (Å²) in [6.07, 6.45) is 4.14. The Morgan fingerprint density at radius 1 is 1.21 bits per heavy atom. The molecule has 1 aliphatic carbocycles. The number of aromatic hydroxyl groups is 1. The molecule has 146 valence electrons. The van der Waals surface area contributed by atoms with E-state index in [9.17, 15) is 14.3 Å². The highest BCUT2D eigenvalue weighted by atomic mass is 19.1. The summed E-state index contributed by atoms with van der Waals surface area (Å²) in [5, 5.41) is 11.4. The van der Waals surface area contributed by atoms with Gasteiger partial charge in [0.25, 0.3) is 0 Å². The minimum atomic E-state index is -0.273. The van der Waals surface area contributed by atoms with E-state index in [0.717, 1.165) is 47.9 Å². The average Bonchev–Trinajstić information content (AvgIpc) is 2.66. The Kier molecular flexibility index (Phi) is 4.96. The fourth-order valence-electron chi connectivity index (χ4n) is 4.25. The summed E-state index contributed by atoms with van der Waals surface area (Å²) in [7, 11) is 0. The minimum absolute atomic E-state index is 0.167. The third-order valence-corrected chi connectivity index (χ3v) is 6.01. The Balaban J connectivity index is 1.65. The summed E-state index contributed by atoms with van der Waals surface area (Å²) in [5.41, 5.74) is 3.89. The molecule has 0 amide bonds. The molecule has 0 aliphatic heterocycles. The number of aryl methyl sites for hydroxylation is 1. The van der Waals surface area contributed by atoms with Gasteiger partial charge in [-0.05, 0) is 84.9 Å². The minimum Gasteiger partial charge on any atom is -0.507 e. The second-order valence-corrected chi connectivity index (χ2v) is 8.17. The van der Waals surface area contributed by atoms with E-state index >= 15 is 0 Å². The molecule has 3 nitrogen and oxygen atoms in total. The van der Waals surface area contributed by atoms with Crippen LogP contribution in [0, 0.1) is 11.7 Å². The summed E-state index contributed by atoms with van der Waals surface area (Å²) in [6.45, 7) is 4.26. The maximum Gasteiger partial charge on any atom is 0.339 e. The van der Waals surface area contributed by atoms with Crippen molar-refractivity contribution < 1.29 is 13.9 Å². The van der Waals surface area contributed by atoms with E-state index in [0.29, 0.717) is 23.3 Å². The van der Waals surface area contributed by atoms with Gasteiger partial charge in [-0.25, -0.2) is 9.18 Å². The van der Waals surface area contributed by atoms with Crippen LogP contribution in [0.15, 0.2) is 45.6 Å². The average molecular weight is 380 g/mol. The highest BCUT2D eigenvalue weighted by Crippen LogP contribution is 2.37. The van der Waals surface area contributed by atoms with E-state index in [1.54, 1.807) is 18.2 Å². The van der Waals surface area contributed by atoms with Crippen molar-refractivity contribution in [3.05, 3.63) is 74.9 Å². The lowest BCUT2D eigenvalue weighted by Gasteiger charge is -2.22. The highest BCUT2D eigenvalue weighted by Gasteiger charge is 2.24. The van der Waals surface area contributed by atoms with Crippen LogP contribution in [0.3, 0.4) is 0 Å². The quantitative estimate of drug-likeness (QED) is 0.608. The van der Waals surface area contributed by atoms with Crippen molar-refractivity contribution in [3.63, 3.8) is 0 Å². The summed E-state index contributed by atoms with van der Waals surface area (Å²) < 4.78 is 18.6. The van der Waals surface area contributed by atoms with E-state index in [-0.39, 0.29) is 23.1 Å². The van der Waals surface area contributed by atoms with Gasteiger partial charge in [0.2, 0.25) is 0 Å². The topological polar surface area (TPSA) is 50.4 Å². The molecule has 3 aromatic rings. The number of hydrogen-bond donors (Lipinski definition) is 1. The molecule has 2 aromatic carbocycles. The van der Waals surface area contributed by atoms with Crippen LogP contribution in [0.1, 0.15) is 54.9 Å². The molecule has 0 spiro atoms. The van der Waals surface area contributed by atoms with E-state index in [1.165, 1.54) is 12.1 Å². The van der Waals surface area contributed by atoms with Gasteiger partial charge in [0, 0.05) is 5.56 Å². The summed E-state index contributed by atoms with van der Waals surface area (Å²) in [5.74, 6) is 0.617. The highest BCUT2D eigenvalue weighted by molar-refractivity contribution is 5.88. The molecular weight excluding hydrogens is 355 g/mol. The van der Waals surface area contributed by atoms with Crippen LogP contribution in [0.4, 0.5) is 4.39 Å². The maximum atomic E-state index is 13.1. The maximum absolute atomic E-state index is 13.1. The molecule has 0 bridgehead atoms. The fourth-order valence-corrected chi connectivity index (χ4v) is 4.25. The van der Waals surface area contributed by atoms with Crippen LogP contribution >= 0.6 is 0 Å². The molecule has 1 aliphatic rings. The molecule has 4 heteroatoms. The molecular formula is C24H25FO3. The molecule has 1 N–H and O–H groups in total. The van der Waals surface area contributed by atoms with Gasteiger partial charge in [-0.15, -0.1) is 0 Å². The SMILES string of the molecule is CC1CCc2c(c3c(O)cc(C(C)CCc4ccc(F)cc4)cc3oc2=O)C1. The van der Waals surface area contributed by atoms with E-state index < -0.39 is 0 Å². The van der Waals surface area contributed by atoms with E-state index in [1.807, 2.05) is 6.07 Å². The summed E-state index contributed by atoms with van der Waals surface area (Å²) in [4.78, 5) is 12.4. The number of halogens is 1. The van der Waals surface area contributed by atoms with Crippen LogP contribution < -0.4 is 5.63 Å². The summed E-state index contributed by atoms with van der Waals surface area (Å²) in [6, 6.07) is 10.2. The molecule has 0 fully saturated rings. The predicted molar refractivity (Wildman–Crippen MR) is 108 cm³/mol. The number of rotatable bonds is 4. The van der Waals surface area contributed by atoms with Crippen molar-refractivity contribution in [1.29, 1.82) is 0 Å². The predicted octanol–water partition coefficient (Wildman–Crippen LogP) is 5.50. The Hall–Kier alpha value is -2.62. The number of benzene rings is 2.